The van der Waals surface area contributed by atoms with E-state index in [1.54, 1.807) is 7.11 Å². The fraction of sp³-hybridized carbons (Fsp3) is 0.429. The fourth-order valence-electron chi connectivity index (χ4n) is 1.71. The molecular weight excluding hydrogens is 270 g/mol. The normalized spacial score (nSPS) is 10.6. The number of nitrogens with zero attached hydrogens (tertiary/aromatic N) is 3. The summed E-state index contributed by atoms with van der Waals surface area (Å²) in [5.74, 6) is 0.540. The molecule has 2 aromatic rings. The zero-order valence-electron chi connectivity index (χ0n) is 12.6. The number of nitrogens with one attached hydrogen (secondary N) is 2. The Morgan fingerprint density at radius 1 is 1.19 bits per heavy atom. The van der Waals surface area contributed by atoms with E-state index in [0.717, 1.165) is 17.9 Å². The van der Waals surface area contributed by atoms with Crippen molar-refractivity contribution in [3.63, 3.8) is 0 Å². The van der Waals surface area contributed by atoms with Gasteiger partial charge in [0.1, 0.15) is 0 Å². The van der Waals surface area contributed by atoms with Gasteiger partial charge in [-0.25, -0.2) is 0 Å². The van der Waals surface area contributed by atoms with Crippen LogP contribution in [0, 0.1) is 0 Å². The Labute approximate surface area is 124 Å². The van der Waals surface area contributed by atoms with E-state index in [2.05, 4.69) is 20.8 Å². The van der Waals surface area contributed by atoms with Crippen LogP contribution in [-0.2, 0) is 11.3 Å². The zero-order chi connectivity index (χ0) is 15.1. The number of methoxy groups -OCH3 is 1. The summed E-state index contributed by atoms with van der Waals surface area (Å²) in [6.45, 7) is 1.92. The highest BCUT2D eigenvalue weighted by Crippen LogP contribution is 2.19. The first-order valence-electron chi connectivity index (χ1n) is 6.75. The molecule has 0 unspecified atom stereocenters. The Hall–Kier alpha value is -2.12. The highest BCUT2D eigenvalue weighted by Gasteiger charge is 2.06. The predicted molar refractivity (Wildman–Crippen MR) is 81.9 cm³/mol. The third-order valence-electron chi connectivity index (χ3n) is 2.86. The molecule has 0 radical (unpaired) electrons. The van der Waals surface area contributed by atoms with E-state index in [1.807, 2.05) is 43.3 Å². The highest BCUT2D eigenvalue weighted by molar-refractivity contribution is 5.58. The van der Waals surface area contributed by atoms with Crippen LogP contribution >= 0.6 is 0 Å². The molecule has 0 saturated carbocycles. The highest BCUT2D eigenvalue weighted by atomic mass is 16.5. The summed E-state index contributed by atoms with van der Waals surface area (Å²) in [6, 6.07) is 8.36. The van der Waals surface area contributed by atoms with Crippen molar-refractivity contribution >= 4 is 17.4 Å². The second-order valence-corrected chi connectivity index (χ2v) is 4.74. The van der Waals surface area contributed by atoms with Crippen molar-refractivity contribution in [2.24, 2.45) is 0 Å². The molecule has 2 N–H and O–H groups in total. The molecule has 0 saturated heterocycles. The van der Waals surface area contributed by atoms with Gasteiger partial charge in [0.25, 0.3) is 0 Å². The van der Waals surface area contributed by atoms with Gasteiger partial charge in [0, 0.05) is 39.1 Å². The fourth-order valence-corrected chi connectivity index (χ4v) is 1.71. The number of anilines is 3. The summed E-state index contributed by atoms with van der Waals surface area (Å²) in [5.41, 5.74) is 2.04. The third-order valence-corrected chi connectivity index (χ3v) is 2.86. The second kappa shape index (κ2) is 7.61. The first kappa shape index (κ1) is 15.3. The molecule has 0 amide bonds. The molecule has 0 bridgehead atoms. The van der Waals surface area contributed by atoms with Crippen LogP contribution < -0.4 is 15.5 Å². The van der Waals surface area contributed by atoms with Gasteiger partial charge in [0.15, 0.2) is 0 Å². The van der Waals surface area contributed by atoms with Gasteiger partial charge in [-0.2, -0.15) is 0 Å². The molecule has 1 aromatic heterocycles. The molecule has 7 heteroatoms. The van der Waals surface area contributed by atoms with Gasteiger partial charge in [-0.3, -0.25) is 0 Å². The average Bonchev–Trinajstić information content (AvgIpc) is 2.92. The molecule has 0 atom stereocenters. The van der Waals surface area contributed by atoms with Gasteiger partial charge < -0.3 is 24.7 Å². The molecule has 0 aliphatic rings. The van der Waals surface area contributed by atoms with Gasteiger partial charge in [-0.1, -0.05) is 5.10 Å². The van der Waals surface area contributed by atoms with Crippen molar-refractivity contribution in [3.05, 3.63) is 30.2 Å². The number of ether oxygens (including phenoxy) is 1. The van der Waals surface area contributed by atoms with E-state index in [9.17, 15) is 0 Å². The van der Waals surface area contributed by atoms with Crippen LogP contribution in [0.4, 0.5) is 17.4 Å². The van der Waals surface area contributed by atoms with E-state index in [-0.39, 0.29) is 0 Å². The molecule has 0 aliphatic carbocycles. The molecule has 7 nitrogen and oxygen atoms in total. The number of hydrogen-bond donors (Lipinski definition) is 2. The minimum atomic E-state index is 0.385. The minimum absolute atomic E-state index is 0.385. The van der Waals surface area contributed by atoms with Crippen molar-refractivity contribution in [3.8, 4) is 0 Å². The van der Waals surface area contributed by atoms with Crippen molar-refractivity contribution in [2.75, 3.05) is 44.6 Å². The topological polar surface area (TPSA) is 75.5 Å². The second-order valence-electron chi connectivity index (χ2n) is 4.74. The standard InChI is InChI=1S/C14H21N5O2/c1-19(2)12-6-4-11(5-7-12)16-14-18-17-13(21-14)10-15-8-9-20-3/h4-7,15H,8-10H2,1-3H3,(H,16,18). The average molecular weight is 291 g/mol. The summed E-state index contributed by atoms with van der Waals surface area (Å²) in [4.78, 5) is 2.04. The SMILES string of the molecule is COCCNCc1nnc(Nc2ccc(N(C)C)cc2)o1. The molecular formula is C14H21N5O2. The third kappa shape index (κ3) is 4.73. The summed E-state index contributed by atoms with van der Waals surface area (Å²) >= 11 is 0. The number of benzene rings is 1. The molecule has 21 heavy (non-hydrogen) atoms. The molecule has 0 spiro atoms. The van der Waals surface area contributed by atoms with Gasteiger partial charge in [0.05, 0.1) is 13.2 Å². The first-order valence-corrected chi connectivity index (χ1v) is 6.75. The Balaban J connectivity index is 1.86. The summed E-state index contributed by atoms with van der Waals surface area (Å²) in [5, 5.41) is 14.1. The molecule has 2 rings (SSSR count). The maximum atomic E-state index is 5.50. The van der Waals surface area contributed by atoms with Gasteiger partial charge in [-0.05, 0) is 24.3 Å². The van der Waals surface area contributed by atoms with Crippen LogP contribution in [0.5, 0.6) is 0 Å². The zero-order valence-corrected chi connectivity index (χ0v) is 12.6. The van der Waals surface area contributed by atoms with Crippen molar-refractivity contribution in [1.82, 2.24) is 15.5 Å². The summed E-state index contributed by atoms with van der Waals surface area (Å²) in [7, 11) is 5.67. The predicted octanol–water partition coefficient (Wildman–Crippen LogP) is 1.62. The Bertz CT molecular complexity index is 539. The summed E-state index contributed by atoms with van der Waals surface area (Å²) < 4.78 is 10.4. The lowest BCUT2D eigenvalue weighted by Crippen LogP contribution is -2.18. The Kier molecular flexibility index (Phi) is 5.53. The van der Waals surface area contributed by atoms with Crippen molar-refractivity contribution in [1.29, 1.82) is 0 Å². The van der Waals surface area contributed by atoms with Crippen molar-refractivity contribution in [2.45, 2.75) is 6.54 Å². The molecule has 114 valence electrons. The van der Waals surface area contributed by atoms with E-state index in [0.29, 0.717) is 25.1 Å². The number of hydrogen-bond acceptors (Lipinski definition) is 7. The molecule has 0 aliphatic heterocycles. The molecule has 1 heterocycles. The summed E-state index contributed by atoms with van der Waals surface area (Å²) in [6.07, 6.45) is 0. The van der Waals surface area contributed by atoms with Crippen molar-refractivity contribution < 1.29 is 9.15 Å². The molecule has 0 fully saturated rings. The van der Waals surface area contributed by atoms with Crippen LogP contribution in [0.25, 0.3) is 0 Å². The van der Waals surface area contributed by atoms with E-state index < -0.39 is 0 Å². The molecule has 1 aromatic carbocycles. The largest absolute Gasteiger partial charge is 0.406 e. The Morgan fingerprint density at radius 2 is 1.95 bits per heavy atom. The number of rotatable bonds is 8. The van der Waals surface area contributed by atoms with E-state index >= 15 is 0 Å². The minimum Gasteiger partial charge on any atom is -0.406 e. The lowest BCUT2D eigenvalue weighted by molar-refractivity contribution is 0.198. The monoisotopic (exact) mass is 291 g/mol. The smallest absolute Gasteiger partial charge is 0.320 e. The lowest BCUT2D eigenvalue weighted by atomic mass is 10.2. The van der Waals surface area contributed by atoms with Crippen LogP contribution in [0.15, 0.2) is 28.7 Å². The van der Waals surface area contributed by atoms with E-state index in [1.165, 1.54) is 0 Å². The van der Waals surface area contributed by atoms with Crippen LogP contribution in [0.1, 0.15) is 5.89 Å². The van der Waals surface area contributed by atoms with E-state index in [4.69, 9.17) is 9.15 Å². The van der Waals surface area contributed by atoms with Crippen LogP contribution in [0.2, 0.25) is 0 Å². The van der Waals surface area contributed by atoms with Gasteiger partial charge in [-0.15, -0.1) is 5.10 Å². The first-order chi connectivity index (χ1) is 10.2. The van der Waals surface area contributed by atoms with Crippen LogP contribution in [-0.4, -0.2) is 44.6 Å². The maximum Gasteiger partial charge on any atom is 0.320 e. The number of aromatic nitrogens is 2. The Morgan fingerprint density at radius 3 is 2.62 bits per heavy atom. The van der Waals surface area contributed by atoms with Gasteiger partial charge >= 0.3 is 6.01 Å². The van der Waals surface area contributed by atoms with Gasteiger partial charge in [0.2, 0.25) is 5.89 Å². The van der Waals surface area contributed by atoms with Crippen LogP contribution in [0.3, 0.4) is 0 Å². The lowest BCUT2D eigenvalue weighted by Gasteiger charge is -2.12. The maximum absolute atomic E-state index is 5.50. The quantitative estimate of drug-likeness (QED) is 0.716.